The van der Waals surface area contributed by atoms with Gasteiger partial charge in [0.2, 0.25) is 5.76 Å². The van der Waals surface area contributed by atoms with Crippen LogP contribution in [0, 0.1) is 11.8 Å². The highest BCUT2D eigenvalue weighted by Gasteiger charge is 2.27. The standard InChI is InChI=1S/C13H20O4/c1-9(8-12(16-2)13(15)17-3)10-6-4-5-7-11(10)14/h8-10H,4-7H2,1-3H3/b12-8+. The zero-order valence-corrected chi connectivity index (χ0v) is 10.7. The molecule has 4 nitrogen and oxygen atoms in total. The van der Waals surface area contributed by atoms with Gasteiger partial charge in [0.15, 0.2) is 0 Å². The quantitative estimate of drug-likeness (QED) is 0.429. The highest BCUT2D eigenvalue weighted by atomic mass is 16.6. The van der Waals surface area contributed by atoms with Gasteiger partial charge in [0, 0.05) is 12.3 Å². The van der Waals surface area contributed by atoms with E-state index < -0.39 is 5.97 Å². The first-order valence-corrected chi connectivity index (χ1v) is 5.97. The second kappa shape index (κ2) is 6.42. The van der Waals surface area contributed by atoms with Gasteiger partial charge in [-0.05, 0) is 24.8 Å². The summed E-state index contributed by atoms with van der Waals surface area (Å²) in [5.41, 5.74) is 0. The number of carbonyl (C=O) groups is 2. The second-order valence-corrected chi connectivity index (χ2v) is 4.40. The number of ether oxygens (including phenoxy) is 2. The number of methoxy groups -OCH3 is 2. The molecule has 0 radical (unpaired) electrons. The van der Waals surface area contributed by atoms with E-state index in [1.165, 1.54) is 14.2 Å². The Morgan fingerprint density at radius 3 is 2.59 bits per heavy atom. The summed E-state index contributed by atoms with van der Waals surface area (Å²) in [5.74, 6) is -0.00305. The molecule has 0 aliphatic heterocycles. The van der Waals surface area contributed by atoms with Crippen LogP contribution in [0.15, 0.2) is 11.8 Å². The molecule has 2 unspecified atom stereocenters. The van der Waals surface area contributed by atoms with Gasteiger partial charge in [-0.3, -0.25) is 4.79 Å². The number of hydrogen-bond donors (Lipinski definition) is 0. The topological polar surface area (TPSA) is 52.6 Å². The summed E-state index contributed by atoms with van der Waals surface area (Å²) in [6, 6.07) is 0. The molecule has 0 saturated heterocycles. The van der Waals surface area contributed by atoms with Gasteiger partial charge in [0.05, 0.1) is 14.2 Å². The Kier molecular flexibility index (Phi) is 5.19. The lowest BCUT2D eigenvalue weighted by atomic mass is 9.79. The monoisotopic (exact) mass is 240 g/mol. The zero-order valence-electron chi connectivity index (χ0n) is 10.7. The lowest BCUT2D eigenvalue weighted by molar-refractivity contribution is -0.139. The normalized spacial score (nSPS) is 23.1. The van der Waals surface area contributed by atoms with E-state index in [0.29, 0.717) is 12.2 Å². The van der Waals surface area contributed by atoms with E-state index in [2.05, 4.69) is 4.74 Å². The van der Waals surface area contributed by atoms with Crippen LogP contribution in [0.2, 0.25) is 0 Å². The van der Waals surface area contributed by atoms with Crippen molar-refractivity contribution in [2.24, 2.45) is 11.8 Å². The van der Waals surface area contributed by atoms with Crippen molar-refractivity contribution in [2.75, 3.05) is 14.2 Å². The Bertz CT molecular complexity index is 319. The first-order chi connectivity index (χ1) is 8.10. The molecule has 1 aliphatic carbocycles. The van der Waals surface area contributed by atoms with Crippen LogP contribution in [0.25, 0.3) is 0 Å². The number of ketones is 1. The molecule has 0 aromatic heterocycles. The molecule has 0 aromatic carbocycles. The fraction of sp³-hybridized carbons (Fsp3) is 0.692. The zero-order chi connectivity index (χ0) is 12.8. The second-order valence-electron chi connectivity index (χ2n) is 4.40. The number of Topliss-reactive ketones (excluding diaryl/α,β-unsaturated/α-hetero) is 1. The average molecular weight is 240 g/mol. The van der Waals surface area contributed by atoms with E-state index in [-0.39, 0.29) is 17.6 Å². The van der Waals surface area contributed by atoms with Gasteiger partial charge in [0.1, 0.15) is 5.78 Å². The fourth-order valence-corrected chi connectivity index (χ4v) is 2.24. The maximum Gasteiger partial charge on any atom is 0.372 e. The van der Waals surface area contributed by atoms with Crippen LogP contribution in [0.4, 0.5) is 0 Å². The minimum atomic E-state index is -0.498. The first-order valence-electron chi connectivity index (χ1n) is 5.97. The third-order valence-corrected chi connectivity index (χ3v) is 3.26. The molecule has 1 rings (SSSR count). The van der Waals surface area contributed by atoms with E-state index in [1.54, 1.807) is 6.08 Å². The van der Waals surface area contributed by atoms with Gasteiger partial charge in [-0.25, -0.2) is 4.79 Å². The van der Waals surface area contributed by atoms with Crippen molar-refractivity contribution in [3.63, 3.8) is 0 Å². The Hall–Kier alpha value is -1.32. The molecule has 2 atom stereocenters. The summed E-state index contributed by atoms with van der Waals surface area (Å²) >= 11 is 0. The molecule has 1 aliphatic rings. The van der Waals surface area contributed by atoms with Crippen LogP contribution in [-0.2, 0) is 19.1 Å². The Morgan fingerprint density at radius 1 is 1.35 bits per heavy atom. The molecule has 0 spiro atoms. The molecule has 17 heavy (non-hydrogen) atoms. The van der Waals surface area contributed by atoms with Crippen LogP contribution in [-0.4, -0.2) is 26.0 Å². The average Bonchev–Trinajstić information content (AvgIpc) is 2.35. The predicted octanol–water partition coefficient (Wildman–Crippen LogP) is 2.09. The van der Waals surface area contributed by atoms with E-state index >= 15 is 0 Å². The summed E-state index contributed by atoms with van der Waals surface area (Å²) in [6.07, 6.45) is 5.31. The predicted molar refractivity (Wildman–Crippen MR) is 63.2 cm³/mol. The van der Waals surface area contributed by atoms with Crippen LogP contribution in [0.5, 0.6) is 0 Å². The lowest BCUT2D eigenvalue weighted by Gasteiger charge is -2.24. The molecule has 1 saturated carbocycles. The molecule has 0 N–H and O–H groups in total. The van der Waals surface area contributed by atoms with Crippen molar-refractivity contribution in [3.8, 4) is 0 Å². The van der Waals surface area contributed by atoms with Crippen molar-refractivity contribution in [1.29, 1.82) is 0 Å². The lowest BCUT2D eigenvalue weighted by Crippen LogP contribution is -2.25. The van der Waals surface area contributed by atoms with Gasteiger partial charge < -0.3 is 9.47 Å². The third-order valence-electron chi connectivity index (χ3n) is 3.26. The van der Waals surface area contributed by atoms with E-state index in [1.807, 2.05) is 6.92 Å². The summed E-state index contributed by atoms with van der Waals surface area (Å²) < 4.78 is 9.58. The molecular weight excluding hydrogens is 220 g/mol. The largest absolute Gasteiger partial charge is 0.490 e. The minimum absolute atomic E-state index is 0.0110. The third kappa shape index (κ3) is 3.58. The van der Waals surface area contributed by atoms with E-state index in [4.69, 9.17) is 4.74 Å². The molecule has 1 fully saturated rings. The molecule has 0 heterocycles. The van der Waals surface area contributed by atoms with Crippen molar-refractivity contribution >= 4 is 11.8 Å². The highest BCUT2D eigenvalue weighted by Crippen LogP contribution is 2.28. The maximum atomic E-state index is 11.8. The highest BCUT2D eigenvalue weighted by molar-refractivity contribution is 5.86. The van der Waals surface area contributed by atoms with Gasteiger partial charge in [0.25, 0.3) is 0 Å². The smallest absolute Gasteiger partial charge is 0.372 e. The van der Waals surface area contributed by atoms with E-state index in [9.17, 15) is 9.59 Å². The van der Waals surface area contributed by atoms with Crippen molar-refractivity contribution < 1.29 is 19.1 Å². The summed E-state index contributed by atoms with van der Waals surface area (Å²) in [4.78, 5) is 23.1. The molecule has 0 amide bonds. The van der Waals surface area contributed by atoms with Crippen molar-refractivity contribution in [3.05, 3.63) is 11.8 Å². The Labute approximate surface area is 102 Å². The van der Waals surface area contributed by atoms with Crippen molar-refractivity contribution in [2.45, 2.75) is 32.6 Å². The van der Waals surface area contributed by atoms with Crippen LogP contribution < -0.4 is 0 Å². The number of rotatable bonds is 4. The van der Waals surface area contributed by atoms with Crippen LogP contribution in [0.3, 0.4) is 0 Å². The maximum absolute atomic E-state index is 11.8. The Morgan fingerprint density at radius 2 is 2.06 bits per heavy atom. The fourth-order valence-electron chi connectivity index (χ4n) is 2.24. The number of carbonyl (C=O) groups excluding carboxylic acids is 2. The molecule has 4 heteroatoms. The Balaban J connectivity index is 2.73. The molecule has 0 aromatic rings. The summed E-state index contributed by atoms with van der Waals surface area (Å²) in [5, 5.41) is 0. The SMILES string of the molecule is COC(=O)/C(=C\C(C)C1CCCCC1=O)OC. The minimum Gasteiger partial charge on any atom is -0.490 e. The van der Waals surface area contributed by atoms with Gasteiger partial charge >= 0.3 is 5.97 Å². The summed E-state index contributed by atoms with van der Waals surface area (Å²) in [6.45, 7) is 1.94. The number of esters is 1. The number of hydrogen-bond acceptors (Lipinski definition) is 4. The van der Waals surface area contributed by atoms with E-state index in [0.717, 1.165) is 19.3 Å². The van der Waals surface area contributed by atoms with Gasteiger partial charge in [-0.15, -0.1) is 0 Å². The van der Waals surface area contributed by atoms with Gasteiger partial charge in [-0.1, -0.05) is 13.3 Å². The molecular formula is C13H20O4. The van der Waals surface area contributed by atoms with Crippen molar-refractivity contribution in [1.82, 2.24) is 0 Å². The van der Waals surface area contributed by atoms with Crippen LogP contribution >= 0.6 is 0 Å². The van der Waals surface area contributed by atoms with Crippen LogP contribution in [0.1, 0.15) is 32.6 Å². The first kappa shape index (κ1) is 13.7. The molecule has 96 valence electrons. The van der Waals surface area contributed by atoms with Gasteiger partial charge in [-0.2, -0.15) is 0 Å². The number of allylic oxidation sites excluding steroid dienone is 1. The summed E-state index contributed by atoms with van der Waals surface area (Å²) in [7, 11) is 2.74. The molecule has 0 bridgehead atoms.